The van der Waals surface area contributed by atoms with E-state index in [1.165, 1.54) is 11.3 Å². The summed E-state index contributed by atoms with van der Waals surface area (Å²) in [7, 11) is 0. The first-order valence-corrected chi connectivity index (χ1v) is 8.83. The Hall–Kier alpha value is -2.17. The lowest BCUT2D eigenvalue weighted by molar-refractivity contribution is 0.0701. The van der Waals surface area contributed by atoms with E-state index in [0.717, 1.165) is 28.1 Å². The van der Waals surface area contributed by atoms with E-state index in [1.54, 1.807) is 0 Å². The van der Waals surface area contributed by atoms with Crippen LogP contribution in [-0.2, 0) is 12.8 Å². The second kappa shape index (κ2) is 7.16. The molecule has 1 aromatic heterocycles. The van der Waals surface area contributed by atoms with Crippen molar-refractivity contribution >= 4 is 28.9 Å². The third-order valence-electron chi connectivity index (χ3n) is 3.69. The van der Waals surface area contributed by atoms with Crippen LogP contribution < -0.4 is 0 Å². The van der Waals surface area contributed by atoms with Gasteiger partial charge in [0.25, 0.3) is 0 Å². The summed E-state index contributed by atoms with van der Waals surface area (Å²) in [6.45, 7) is 1.98. The number of carbonyl (C=O) groups is 1. The van der Waals surface area contributed by atoms with Gasteiger partial charge < -0.3 is 5.11 Å². The van der Waals surface area contributed by atoms with Gasteiger partial charge in [-0.2, -0.15) is 0 Å². The average Bonchev–Trinajstić information content (AvgIpc) is 2.98. The molecule has 0 unspecified atom stereocenters. The number of carboxylic acids is 1. The number of aromatic nitrogens is 1. The standard InChI is InChI=1S/C19H16ClNO2S/c1-2-17-21-16(18(24-17)19(22)23)10-12-5-3-6-13(9-12)14-7-4-8-15(20)11-14/h3-9,11H,2,10H2,1H3,(H,22,23). The van der Waals surface area contributed by atoms with E-state index in [-0.39, 0.29) is 0 Å². The molecule has 0 saturated carbocycles. The summed E-state index contributed by atoms with van der Waals surface area (Å²) in [6, 6.07) is 15.7. The fourth-order valence-electron chi connectivity index (χ4n) is 2.56. The third kappa shape index (κ3) is 3.66. The Morgan fingerprint density at radius 3 is 2.54 bits per heavy atom. The van der Waals surface area contributed by atoms with Crippen molar-refractivity contribution in [2.75, 3.05) is 0 Å². The molecule has 0 saturated heterocycles. The van der Waals surface area contributed by atoms with Gasteiger partial charge >= 0.3 is 5.97 Å². The zero-order valence-electron chi connectivity index (χ0n) is 13.1. The molecule has 3 nitrogen and oxygen atoms in total. The van der Waals surface area contributed by atoms with Gasteiger partial charge in [-0.1, -0.05) is 54.9 Å². The highest BCUT2D eigenvalue weighted by atomic mass is 35.5. The highest BCUT2D eigenvalue weighted by molar-refractivity contribution is 7.13. The summed E-state index contributed by atoms with van der Waals surface area (Å²) in [5, 5.41) is 10.9. The molecule has 0 aliphatic carbocycles. The van der Waals surface area contributed by atoms with Gasteiger partial charge in [-0.15, -0.1) is 11.3 Å². The Bertz CT molecular complexity index is 889. The van der Waals surface area contributed by atoms with Crippen LogP contribution in [0, 0.1) is 0 Å². The lowest BCUT2D eigenvalue weighted by atomic mass is 10.0. The second-order valence-electron chi connectivity index (χ2n) is 5.43. The van der Waals surface area contributed by atoms with Crippen molar-refractivity contribution in [3.05, 3.63) is 74.7 Å². The summed E-state index contributed by atoms with van der Waals surface area (Å²) < 4.78 is 0. The Labute approximate surface area is 149 Å². The Balaban J connectivity index is 1.93. The van der Waals surface area contributed by atoms with E-state index in [2.05, 4.69) is 11.1 Å². The van der Waals surface area contributed by atoms with Crippen LogP contribution >= 0.6 is 22.9 Å². The van der Waals surface area contributed by atoms with Crippen molar-refractivity contribution in [3.63, 3.8) is 0 Å². The number of aromatic carboxylic acids is 1. The molecule has 3 aromatic rings. The summed E-state index contributed by atoms with van der Waals surface area (Å²) in [6.07, 6.45) is 1.25. The molecule has 5 heteroatoms. The molecule has 0 fully saturated rings. The molecule has 0 amide bonds. The first-order valence-electron chi connectivity index (χ1n) is 7.63. The van der Waals surface area contributed by atoms with E-state index in [9.17, 15) is 9.90 Å². The predicted octanol–water partition coefficient (Wildman–Crippen LogP) is 5.31. The lowest BCUT2D eigenvalue weighted by Crippen LogP contribution is -2.00. The molecule has 122 valence electrons. The molecule has 0 atom stereocenters. The maximum absolute atomic E-state index is 11.4. The molecule has 0 spiro atoms. The molecule has 0 bridgehead atoms. The Morgan fingerprint density at radius 1 is 1.17 bits per heavy atom. The molecule has 1 heterocycles. The van der Waals surface area contributed by atoms with Crippen LogP contribution in [0.4, 0.5) is 0 Å². The summed E-state index contributed by atoms with van der Waals surface area (Å²) in [4.78, 5) is 16.2. The number of rotatable bonds is 5. The van der Waals surface area contributed by atoms with E-state index in [0.29, 0.717) is 22.0 Å². The number of aryl methyl sites for hydroxylation is 1. The van der Waals surface area contributed by atoms with Crippen LogP contribution in [0.5, 0.6) is 0 Å². The number of thiazole rings is 1. The van der Waals surface area contributed by atoms with Gasteiger partial charge in [-0.25, -0.2) is 9.78 Å². The van der Waals surface area contributed by atoms with Crippen LogP contribution in [0.1, 0.15) is 32.9 Å². The number of hydrogen-bond donors (Lipinski definition) is 1. The van der Waals surface area contributed by atoms with Gasteiger partial charge in [-0.3, -0.25) is 0 Å². The SMILES string of the molecule is CCc1nc(Cc2cccc(-c3cccc(Cl)c3)c2)c(C(=O)O)s1. The van der Waals surface area contributed by atoms with Crippen molar-refractivity contribution in [2.24, 2.45) is 0 Å². The molecule has 0 aliphatic heterocycles. The summed E-state index contributed by atoms with van der Waals surface area (Å²) >= 11 is 7.33. The van der Waals surface area contributed by atoms with Gasteiger partial charge in [0.1, 0.15) is 4.88 Å². The van der Waals surface area contributed by atoms with Gasteiger partial charge in [0, 0.05) is 11.4 Å². The number of benzene rings is 2. The first-order chi connectivity index (χ1) is 11.6. The minimum absolute atomic E-state index is 0.333. The normalized spacial score (nSPS) is 10.8. The molecule has 24 heavy (non-hydrogen) atoms. The van der Waals surface area contributed by atoms with E-state index >= 15 is 0 Å². The van der Waals surface area contributed by atoms with Gasteiger partial charge in [0.15, 0.2) is 0 Å². The highest BCUT2D eigenvalue weighted by Gasteiger charge is 2.17. The third-order valence-corrected chi connectivity index (χ3v) is 5.16. The van der Waals surface area contributed by atoms with Crippen molar-refractivity contribution in [1.82, 2.24) is 4.98 Å². The first kappa shape index (κ1) is 16.7. The van der Waals surface area contributed by atoms with Crippen molar-refractivity contribution in [1.29, 1.82) is 0 Å². The van der Waals surface area contributed by atoms with Crippen LogP contribution in [0.3, 0.4) is 0 Å². The average molecular weight is 358 g/mol. The van der Waals surface area contributed by atoms with E-state index in [1.807, 2.05) is 49.4 Å². The molecule has 1 N–H and O–H groups in total. The Kier molecular flexibility index (Phi) is 4.97. The molecule has 3 rings (SSSR count). The fraction of sp³-hybridized carbons (Fsp3) is 0.158. The van der Waals surface area contributed by atoms with Crippen LogP contribution in [-0.4, -0.2) is 16.1 Å². The minimum Gasteiger partial charge on any atom is -0.477 e. The van der Waals surface area contributed by atoms with Gasteiger partial charge in [-0.05, 0) is 35.2 Å². The largest absolute Gasteiger partial charge is 0.477 e. The monoisotopic (exact) mass is 357 g/mol. The Morgan fingerprint density at radius 2 is 1.88 bits per heavy atom. The molecule has 2 aromatic carbocycles. The van der Waals surface area contributed by atoms with Crippen molar-refractivity contribution < 1.29 is 9.90 Å². The molecular weight excluding hydrogens is 342 g/mol. The maximum Gasteiger partial charge on any atom is 0.347 e. The minimum atomic E-state index is -0.909. The molecular formula is C19H16ClNO2S. The highest BCUT2D eigenvalue weighted by Crippen LogP contribution is 2.26. The zero-order chi connectivity index (χ0) is 17.1. The van der Waals surface area contributed by atoms with Crippen molar-refractivity contribution in [2.45, 2.75) is 19.8 Å². The number of carboxylic acid groups (broad SMARTS) is 1. The predicted molar refractivity (Wildman–Crippen MR) is 98.1 cm³/mol. The van der Waals surface area contributed by atoms with Crippen molar-refractivity contribution in [3.8, 4) is 11.1 Å². The maximum atomic E-state index is 11.4. The van der Waals surface area contributed by atoms with Gasteiger partial charge in [0.2, 0.25) is 0 Å². The number of hydrogen-bond acceptors (Lipinski definition) is 3. The second-order valence-corrected chi connectivity index (χ2v) is 6.95. The van der Waals surface area contributed by atoms with Crippen LogP contribution in [0.15, 0.2) is 48.5 Å². The van der Waals surface area contributed by atoms with Crippen LogP contribution in [0.25, 0.3) is 11.1 Å². The number of nitrogens with zero attached hydrogens (tertiary/aromatic N) is 1. The zero-order valence-corrected chi connectivity index (χ0v) is 14.7. The summed E-state index contributed by atoms with van der Waals surface area (Å²) in [5.74, 6) is -0.909. The van der Waals surface area contributed by atoms with Crippen LogP contribution in [0.2, 0.25) is 5.02 Å². The fourth-order valence-corrected chi connectivity index (χ4v) is 3.61. The smallest absolute Gasteiger partial charge is 0.347 e. The van der Waals surface area contributed by atoms with E-state index in [4.69, 9.17) is 11.6 Å². The van der Waals surface area contributed by atoms with Gasteiger partial charge in [0.05, 0.1) is 10.7 Å². The molecule has 0 aliphatic rings. The lowest BCUT2D eigenvalue weighted by Gasteiger charge is -2.06. The topological polar surface area (TPSA) is 50.2 Å². The quantitative estimate of drug-likeness (QED) is 0.672. The van der Waals surface area contributed by atoms with E-state index < -0.39 is 5.97 Å². The molecule has 0 radical (unpaired) electrons. The number of halogens is 1. The summed E-state index contributed by atoms with van der Waals surface area (Å²) in [5.41, 5.74) is 3.75.